The first-order chi connectivity index (χ1) is 10.1. The van der Waals surface area contributed by atoms with Gasteiger partial charge in [-0.2, -0.15) is 0 Å². The molecular formula is C14H14N2O3S2. The zero-order valence-corrected chi connectivity index (χ0v) is 13.2. The number of thioether (sulfide) groups is 1. The first-order valence-electron chi connectivity index (χ1n) is 6.11. The Bertz CT molecular complexity index is 638. The van der Waals surface area contributed by atoms with Crippen molar-refractivity contribution in [1.29, 1.82) is 0 Å². The summed E-state index contributed by atoms with van der Waals surface area (Å²) in [5.41, 5.74) is 1.11. The van der Waals surface area contributed by atoms with Gasteiger partial charge >= 0.3 is 5.97 Å². The van der Waals surface area contributed by atoms with E-state index in [1.807, 2.05) is 30.5 Å². The monoisotopic (exact) mass is 322 g/mol. The summed E-state index contributed by atoms with van der Waals surface area (Å²) in [6.45, 7) is 1.58. The van der Waals surface area contributed by atoms with Crippen LogP contribution in [0.4, 0.5) is 5.13 Å². The van der Waals surface area contributed by atoms with Crippen LogP contribution in [0.3, 0.4) is 0 Å². The fourth-order valence-electron chi connectivity index (χ4n) is 1.52. The highest BCUT2D eigenvalue weighted by atomic mass is 32.2. The molecule has 110 valence electrons. The van der Waals surface area contributed by atoms with Crippen molar-refractivity contribution in [2.45, 2.75) is 18.4 Å². The Morgan fingerprint density at radius 1 is 1.33 bits per heavy atom. The van der Waals surface area contributed by atoms with Crippen molar-refractivity contribution in [2.75, 3.05) is 11.6 Å². The van der Waals surface area contributed by atoms with Gasteiger partial charge in [0.15, 0.2) is 10.8 Å². The maximum atomic E-state index is 11.8. The number of amides is 1. The highest BCUT2D eigenvalue weighted by Crippen LogP contribution is 2.18. The Balaban J connectivity index is 1.91. The molecular weight excluding hydrogens is 308 g/mol. The maximum absolute atomic E-state index is 11.8. The molecule has 7 heteroatoms. The number of anilines is 1. The van der Waals surface area contributed by atoms with Crippen LogP contribution in [0.25, 0.3) is 0 Å². The molecule has 0 aliphatic carbocycles. The van der Waals surface area contributed by atoms with Gasteiger partial charge in [-0.3, -0.25) is 4.79 Å². The van der Waals surface area contributed by atoms with Crippen molar-refractivity contribution in [3.63, 3.8) is 0 Å². The van der Waals surface area contributed by atoms with Gasteiger partial charge in [0.1, 0.15) is 6.61 Å². The van der Waals surface area contributed by atoms with Gasteiger partial charge in [0.25, 0.3) is 0 Å². The van der Waals surface area contributed by atoms with Crippen LogP contribution in [0.1, 0.15) is 23.0 Å². The predicted molar refractivity (Wildman–Crippen MR) is 83.8 cm³/mol. The zero-order valence-electron chi connectivity index (χ0n) is 11.6. The fourth-order valence-corrected chi connectivity index (χ4v) is 2.65. The quantitative estimate of drug-likeness (QED) is 0.676. The van der Waals surface area contributed by atoms with Crippen molar-refractivity contribution < 1.29 is 14.3 Å². The number of carbonyl (C=O) groups excluding carboxylic acids is 2. The number of hydrogen-bond donors (Lipinski definition) is 1. The molecule has 1 heterocycles. The van der Waals surface area contributed by atoms with Gasteiger partial charge in [0, 0.05) is 17.2 Å². The van der Waals surface area contributed by atoms with Crippen molar-refractivity contribution >= 4 is 40.1 Å². The standard InChI is InChI=1S/C14H14N2O3S2/c1-9(17)15-14-16-12(8-21-14)13(18)19-7-10-3-5-11(20-2)6-4-10/h3-6,8H,7H2,1-2H3,(H,15,16,17). The lowest BCUT2D eigenvalue weighted by Crippen LogP contribution is -2.08. The number of aromatic nitrogens is 1. The molecule has 1 amide bonds. The number of nitrogens with zero attached hydrogens (tertiary/aromatic N) is 1. The Kier molecular flexibility index (Phi) is 5.35. The molecule has 1 aromatic carbocycles. The van der Waals surface area contributed by atoms with Crippen LogP contribution >= 0.6 is 23.1 Å². The molecule has 0 saturated heterocycles. The van der Waals surface area contributed by atoms with Gasteiger partial charge in [-0.25, -0.2) is 9.78 Å². The largest absolute Gasteiger partial charge is 0.456 e. The molecule has 5 nitrogen and oxygen atoms in total. The van der Waals surface area contributed by atoms with Crippen LogP contribution < -0.4 is 5.32 Å². The number of carbonyl (C=O) groups is 2. The van der Waals surface area contributed by atoms with E-state index < -0.39 is 5.97 Å². The number of hydrogen-bond acceptors (Lipinski definition) is 6. The van der Waals surface area contributed by atoms with E-state index in [1.165, 1.54) is 18.3 Å². The summed E-state index contributed by atoms with van der Waals surface area (Å²) in [7, 11) is 0. The molecule has 0 saturated carbocycles. The minimum absolute atomic E-state index is 0.195. The van der Waals surface area contributed by atoms with Crippen LogP contribution in [0.15, 0.2) is 34.5 Å². The SMILES string of the molecule is CSc1ccc(COC(=O)c2csc(NC(C)=O)n2)cc1. The summed E-state index contributed by atoms with van der Waals surface area (Å²) in [6.07, 6.45) is 2.00. The smallest absolute Gasteiger partial charge is 0.358 e. The molecule has 0 radical (unpaired) electrons. The average molecular weight is 322 g/mol. The highest BCUT2D eigenvalue weighted by Gasteiger charge is 2.13. The molecule has 1 N–H and O–H groups in total. The van der Waals surface area contributed by atoms with Gasteiger partial charge in [-0.05, 0) is 24.0 Å². The number of nitrogens with one attached hydrogen (secondary N) is 1. The molecule has 0 aliphatic heterocycles. The molecule has 0 aliphatic rings. The molecule has 0 bridgehead atoms. The maximum Gasteiger partial charge on any atom is 0.358 e. The highest BCUT2D eigenvalue weighted by molar-refractivity contribution is 7.98. The number of benzene rings is 1. The number of thiazole rings is 1. The minimum atomic E-state index is -0.503. The first kappa shape index (κ1) is 15.5. The Hall–Kier alpha value is -1.86. The van der Waals surface area contributed by atoms with Crippen LogP contribution in [0.2, 0.25) is 0 Å². The van der Waals surface area contributed by atoms with Crippen molar-refractivity contribution in [3.05, 3.63) is 40.9 Å². The third-order valence-corrected chi connectivity index (χ3v) is 4.03. The normalized spacial score (nSPS) is 10.2. The van der Waals surface area contributed by atoms with Crippen LogP contribution in [0, 0.1) is 0 Å². The summed E-state index contributed by atoms with van der Waals surface area (Å²) < 4.78 is 5.19. The fraction of sp³-hybridized carbons (Fsp3) is 0.214. The molecule has 0 atom stereocenters. The van der Waals surface area contributed by atoms with Crippen LogP contribution in [0.5, 0.6) is 0 Å². The summed E-state index contributed by atoms with van der Waals surface area (Å²) in [6, 6.07) is 7.79. The second-order valence-electron chi connectivity index (χ2n) is 4.14. The van der Waals surface area contributed by atoms with Gasteiger partial charge in [0.05, 0.1) is 0 Å². The van der Waals surface area contributed by atoms with E-state index in [-0.39, 0.29) is 18.2 Å². The Morgan fingerprint density at radius 2 is 2.05 bits per heavy atom. The van der Waals surface area contributed by atoms with Gasteiger partial charge in [0.2, 0.25) is 5.91 Å². The second-order valence-corrected chi connectivity index (χ2v) is 5.88. The lowest BCUT2D eigenvalue weighted by atomic mass is 10.2. The number of esters is 1. The van der Waals surface area contributed by atoms with Crippen molar-refractivity contribution in [2.24, 2.45) is 0 Å². The van der Waals surface area contributed by atoms with E-state index in [0.29, 0.717) is 5.13 Å². The van der Waals surface area contributed by atoms with Gasteiger partial charge in [-0.15, -0.1) is 23.1 Å². The molecule has 0 fully saturated rings. The van der Waals surface area contributed by atoms with E-state index in [4.69, 9.17) is 4.74 Å². The van der Waals surface area contributed by atoms with E-state index in [0.717, 1.165) is 10.5 Å². The lowest BCUT2D eigenvalue weighted by molar-refractivity contribution is -0.114. The Labute approximate surface area is 130 Å². The third-order valence-electron chi connectivity index (χ3n) is 2.53. The van der Waals surface area contributed by atoms with E-state index in [1.54, 1.807) is 17.1 Å². The predicted octanol–water partition coefficient (Wildman–Crippen LogP) is 3.18. The molecule has 21 heavy (non-hydrogen) atoms. The van der Waals surface area contributed by atoms with Gasteiger partial charge in [-0.1, -0.05) is 12.1 Å². The molecule has 1 aromatic heterocycles. The van der Waals surface area contributed by atoms with Crippen molar-refractivity contribution in [3.8, 4) is 0 Å². The second kappa shape index (κ2) is 7.24. The van der Waals surface area contributed by atoms with Crippen molar-refractivity contribution in [1.82, 2.24) is 4.98 Å². The average Bonchev–Trinajstić information content (AvgIpc) is 2.93. The summed E-state index contributed by atoms with van der Waals surface area (Å²) in [5.74, 6) is -0.727. The zero-order chi connectivity index (χ0) is 15.2. The van der Waals surface area contributed by atoms with E-state index in [2.05, 4.69) is 10.3 Å². The third kappa shape index (κ3) is 4.57. The minimum Gasteiger partial charge on any atom is -0.456 e. The molecule has 2 rings (SSSR count). The summed E-state index contributed by atoms with van der Waals surface area (Å²) >= 11 is 2.84. The Morgan fingerprint density at radius 3 is 2.67 bits per heavy atom. The van der Waals surface area contributed by atoms with E-state index >= 15 is 0 Å². The molecule has 0 spiro atoms. The summed E-state index contributed by atoms with van der Waals surface area (Å²) in [4.78, 5) is 27.9. The number of rotatable bonds is 5. The van der Waals surface area contributed by atoms with Crippen LogP contribution in [-0.2, 0) is 16.1 Å². The van der Waals surface area contributed by atoms with Gasteiger partial charge < -0.3 is 10.1 Å². The van der Waals surface area contributed by atoms with Crippen LogP contribution in [-0.4, -0.2) is 23.1 Å². The van der Waals surface area contributed by atoms with E-state index in [9.17, 15) is 9.59 Å². The molecule has 0 unspecified atom stereocenters. The first-order valence-corrected chi connectivity index (χ1v) is 8.22. The summed E-state index contributed by atoms with van der Waals surface area (Å²) in [5, 5.41) is 4.47. The molecule has 2 aromatic rings. The topological polar surface area (TPSA) is 68.3 Å². The number of ether oxygens (including phenoxy) is 1. The lowest BCUT2D eigenvalue weighted by Gasteiger charge is -2.04.